The average Bonchev–Trinajstić information content (AvgIpc) is 2.45. The molecule has 1 aliphatic rings. The number of benzene rings is 1. The summed E-state index contributed by atoms with van der Waals surface area (Å²) in [5, 5.41) is 3.00. The van der Waals surface area contributed by atoms with Crippen molar-refractivity contribution < 1.29 is 4.79 Å². The summed E-state index contributed by atoms with van der Waals surface area (Å²) < 4.78 is 0. The summed E-state index contributed by atoms with van der Waals surface area (Å²) in [7, 11) is 0. The van der Waals surface area contributed by atoms with E-state index in [1.165, 1.54) is 0 Å². The minimum Gasteiger partial charge on any atom is -0.351 e. The first kappa shape index (κ1) is 16.5. The number of carbonyl (C=O) groups is 1. The lowest BCUT2D eigenvalue weighted by atomic mass is 9.63. The third kappa shape index (κ3) is 2.88. The standard InChI is InChI=1S/C20H24N2O2/c1-13-6-4-7-16(10-13)20(8-5-9-20)19(24)21-12-17-14(2)11-15(3)22-18(17)23/h4,6-7,10-11H,5,8-9,12H2,1-3H3,(H,21,24)(H,22,23). The normalized spacial score (nSPS) is 15.6. The van der Waals surface area contributed by atoms with E-state index in [-0.39, 0.29) is 18.0 Å². The first-order valence-corrected chi connectivity index (χ1v) is 8.47. The van der Waals surface area contributed by atoms with Gasteiger partial charge in [-0.05, 0) is 50.8 Å². The molecule has 0 spiro atoms. The number of rotatable bonds is 4. The minimum absolute atomic E-state index is 0.0266. The molecule has 4 heteroatoms. The number of carbonyl (C=O) groups excluding carboxylic acids is 1. The number of nitrogens with one attached hydrogen (secondary N) is 2. The molecule has 3 rings (SSSR count). The molecular formula is C20H24N2O2. The summed E-state index contributed by atoms with van der Waals surface area (Å²) >= 11 is 0. The van der Waals surface area contributed by atoms with Crippen molar-refractivity contribution in [3.8, 4) is 0 Å². The molecule has 1 aromatic heterocycles. The van der Waals surface area contributed by atoms with Crippen molar-refractivity contribution in [2.75, 3.05) is 0 Å². The van der Waals surface area contributed by atoms with Crippen LogP contribution in [0, 0.1) is 20.8 Å². The second-order valence-electron chi connectivity index (χ2n) is 6.93. The second-order valence-corrected chi connectivity index (χ2v) is 6.93. The van der Waals surface area contributed by atoms with Crippen LogP contribution in [0.4, 0.5) is 0 Å². The van der Waals surface area contributed by atoms with Gasteiger partial charge in [0.25, 0.3) is 5.56 Å². The summed E-state index contributed by atoms with van der Waals surface area (Å²) in [6, 6.07) is 10.1. The van der Waals surface area contributed by atoms with Crippen molar-refractivity contribution >= 4 is 5.91 Å². The molecule has 24 heavy (non-hydrogen) atoms. The van der Waals surface area contributed by atoms with E-state index in [0.29, 0.717) is 5.56 Å². The maximum Gasteiger partial charge on any atom is 0.253 e. The fraction of sp³-hybridized carbons (Fsp3) is 0.400. The summed E-state index contributed by atoms with van der Waals surface area (Å²) in [6.07, 6.45) is 2.79. The molecule has 0 bridgehead atoms. The highest BCUT2D eigenvalue weighted by Crippen LogP contribution is 2.44. The van der Waals surface area contributed by atoms with Gasteiger partial charge in [-0.1, -0.05) is 36.2 Å². The maximum absolute atomic E-state index is 12.9. The van der Waals surface area contributed by atoms with E-state index in [1.54, 1.807) is 0 Å². The van der Waals surface area contributed by atoms with Crippen LogP contribution in [0.5, 0.6) is 0 Å². The van der Waals surface area contributed by atoms with Gasteiger partial charge in [0.1, 0.15) is 0 Å². The summed E-state index contributed by atoms with van der Waals surface area (Å²) in [5.74, 6) is 0.0266. The molecule has 1 heterocycles. The quantitative estimate of drug-likeness (QED) is 0.908. The Morgan fingerprint density at radius 1 is 1.21 bits per heavy atom. The van der Waals surface area contributed by atoms with Crippen molar-refractivity contribution in [2.24, 2.45) is 0 Å². The molecule has 2 aromatic rings. The Bertz CT molecular complexity index is 832. The Morgan fingerprint density at radius 3 is 2.54 bits per heavy atom. The first-order chi connectivity index (χ1) is 11.4. The number of aryl methyl sites for hydroxylation is 3. The topological polar surface area (TPSA) is 62.0 Å². The molecule has 0 unspecified atom stereocenters. The molecule has 4 nitrogen and oxygen atoms in total. The van der Waals surface area contributed by atoms with Crippen LogP contribution in [-0.2, 0) is 16.8 Å². The number of aromatic amines is 1. The van der Waals surface area contributed by atoms with Gasteiger partial charge in [-0.3, -0.25) is 9.59 Å². The van der Waals surface area contributed by atoms with Crippen LogP contribution < -0.4 is 10.9 Å². The van der Waals surface area contributed by atoms with Crippen LogP contribution in [0.1, 0.15) is 47.2 Å². The molecule has 1 saturated carbocycles. The molecule has 1 fully saturated rings. The lowest BCUT2D eigenvalue weighted by molar-refractivity contribution is -0.130. The van der Waals surface area contributed by atoms with Gasteiger partial charge in [0, 0.05) is 17.8 Å². The van der Waals surface area contributed by atoms with Crippen LogP contribution >= 0.6 is 0 Å². The number of pyridine rings is 1. The van der Waals surface area contributed by atoms with Crippen molar-refractivity contribution in [3.05, 3.63) is 68.6 Å². The zero-order chi connectivity index (χ0) is 17.3. The molecule has 1 aromatic carbocycles. The molecule has 126 valence electrons. The van der Waals surface area contributed by atoms with E-state index in [2.05, 4.69) is 16.4 Å². The zero-order valence-corrected chi connectivity index (χ0v) is 14.5. The Hall–Kier alpha value is -2.36. The molecule has 2 N–H and O–H groups in total. The third-order valence-corrected chi connectivity index (χ3v) is 5.13. The zero-order valence-electron chi connectivity index (χ0n) is 14.5. The SMILES string of the molecule is Cc1cccc(C2(C(=O)NCc3c(C)cc(C)[nH]c3=O)CCC2)c1. The van der Waals surface area contributed by atoms with E-state index >= 15 is 0 Å². The van der Waals surface area contributed by atoms with E-state index in [4.69, 9.17) is 0 Å². The fourth-order valence-corrected chi connectivity index (χ4v) is 3.56. The number of hydrogen-bond acceptors (Lipinski definition) is 2. The maximum atomic E-state index is 12.9. The number of aromatic nitrogens is 1. The predicted octanol–water partition coefficient (Wildman–Crippen LogP) is 3.04. The molecule has 0 radical (unpaired) electrons. The van der Waals surface area contributed by atoms with Gasteiger partial charge in [0.2, 0.25) is 5.91 Å². The van der Waals surface area contributed by atoms with E-state index in [1.807, 2.05) is 45.0 Å². The molecule has 1 amide bonds. The lowest BCUT2D eigenvalue weighted by Crippen LogP contribution is -2.49. The first-order valence-electron chi connectivity index (χ1n) is 8.47. The molecular weight excluding hydrogens is 300 g/mol. The lowest BCUT2D eigenvalue weighted by Gasteiger charge is -2.41. The predicted molar refractivity (Wildman–Crippen MR) is 95.1 cm³/mol. The monoisotopic (exact) mass is 324 g/mol. The summed E-state index contributed by atoms with van der Waals surface area (Å²) in [5.41, 5.74) is 4.08. The van der Waals surface area contributed by atoms with Gasteiger partial charge < -0.3 is 10.3 Å². The van der Waals surface area contributed by atoms with Gasteiger partial charge in [-0.25, -0.2) is 0 Å². The highest BCUT2D eigenvalue weighted by molar-refractivity contribution is 5.89. The van der Waals surface area contributed by atoms with E-state index in [9.17, 15) is 9.59 Å². The smallest absolute Gasteiger partial charge is 0.253 e. The Kier molecular flexibility index (Phi) is 4.31. The van der Waals surface area contributed by atoms with Crippen molar-refractivity contribution in [2.45, 2.75) is 52.0 Å². The highest BCUT2D eigenvalue weighted by atomic mass is 16.2. The summed E-state index contributed by atoms with van der Waals surface area (Å²) in [4.78, 5) is 27.8. The highest BCUT2D eigenvalue weighted by Gasteiger charge is 2.45. The van der Waals surface area contributed by atoms with Crippen molar-refractivity contribution in [3.63, 3.8) is 0 Å². The second kappa shape index (κ2) is 6.27. The van der Waals surface area contributed by atoms with Crippen molar-refractivity contribution in [1.29, 1.82) is 0 Å². The van der Waals surface area contributed by atoms with Crippen LogP contribution in [0.3, 0.4) is 0 Å². The van der Waals surface area contributed by atoms with Crippen LogP contribution in [0.25, 0.3) is 0 Å². The van der Waals surface area contributed by atoms with Gasteiger partial charge >= 0.3 is 0 Å². The molecule has 0 saturated heterocycles. The third-order valence-electron chi connectivity index (χ3n) is 5.13. The van der Waals surface area contributed by atoms with E-state index < -0.39 is 5.41 Å². The van der Waals surface area contributed by atoms with Crippen LogP contribution in [0.15, 0.2) is 35.1 Å². The molecule has 0 atom stereocenters. The Balaban J connectivity index is 1.81. The van der Waals surface area contributed by atoms with Gasteiger partial charge in [-0.15, -0.1) is 0 Å². The van der Waals surface area contributed by atoms with Crippen LogP contribution in [-0.4, -0.2) is 10.9 Å². The van der Waals surface area contributed by atoms with Crippen LogP contribution in [0.2, 0.25) is 0 Å². The Labute approximate surface area is 142 Å². The number of amides is 1. The van der Waals surface area contributed by atoms with Gasteiger partial charge in [-0.2, -0.15) is 0 Å². The van der Waals surface area contributed by atoms with Gasteiger partial charge in [0.05, 0.1) is 5.41 Å². The van der Waals surface area contributed by atoms with Gasteiger partial charge in [0.15, 0.2) is 0 Å². The summed E-state index contributed by atoms with van der Waals surface area (Å²) in [6.45, 7) is 6.08. The Morgan fingerprint density at radius 2 is 1.96 bits per heavy atom. The number of hydrogen-bond donors (Lipinski definition) is 2. The van der Waals surface area contributed by atoms with Crippen molar-refractivity contribution in [1.82, 2.24) is 10.3 Å². The minimum atomic E-state index is -0.433. The van der Waals surface area contributed by atoms with E-state index in [0.717, 1.165) is 41.6 Å². The fourth-order valence-electron chi connectivity index (χ4n) is 3.56. The molecule has 1 aliphatic carbocycles. The average molecular weight is 324 g/mol. The molecule has 0 aliphatic heterocycles. The largest absolute Gasteiger partial charge is 0.351 e. The number of H-pyrrole nitrogens is 1.